The average molecular weight is 237 g/mol. The summed E-state index contributed by atoms with van der Waals surface area (Å²) in [6.07, 6.45) is 0.750. The maximum absolute atomic E-state index is 9.16. The molecule has 96 valence electrons. The predicted octanol–water partition coefficient (Wildman–Crippen LogP) is 2.30. The molecular weight excluding hydrogens is 214 g/mol. The maximum Gasteiger partial charge on any atom is 0.122 e. The molecule has 1 aromatic carbocycles. The minimum atomic E-state index is 0.202. The van der Waals surface area contributed by atoms with E-state index in [0.717, 1.165) is 17.7 Å². The number of aliphatic hydroxyl groups is 1. The van der Waals surface area contributed by atoms with E-state index in [2.05, 4.69) is 24.0 Å². The van der Waals surface area contributed by atoms with Gasteiger partial charge in [-0.05, 0) is 57.1 Å². The van der Waals surface area contributed by atoms with E-state index in [1.165, 1.54) is 11.1 Å². The fourth-order valence-corrected chi connectivity index (χ4v) is 2.21. The first kappa shape index (κ1) is 14.0. The van der Waals surface area contributed by atoms with Gasteiger partial charge in [-0.2, -0.15) is 0 Å². The summed E-state index contributed by atoms with van der Waals surface area (Å²) in [5.74, 6) is 0.924. The Morgan fingerprint density at radius 1 is 1.24 bits per heavy atom. The predicted molar refractivity (Wildman–Crippen MR) is 70.6 cm³/mol. The van der Waals surface area contributed by atoms with E-state index in [9.17, 15) is 0 Å². The number of methoxy groups -OCH3 is 1. The lowest BCUT2D eigenvalue weighted by atomic mass is 9.95. The summed E-state index contributed by atoms with van der Waals surface area (Å²) in [7, 11) is 5.78. The van der Waals surface area contributed by atoms with Gasteiger partial charge in [0.25, 0.3) is 0 Å². The lowest BCUT2D eigenvalue weighted by Crippen LogP contribution is -2.22. The van der Waals surface area contributed by atoms with E-state index in [1.807, 2.05) is 21.0 Å². The van der Waals surface area contributed by atoms with Crippen molar-refractivity contribution in [2.24, 2.45) is 0 Å². The summed E-state index contributed by atoms with van der Waals surface area (Å²) >= 11 is 0. The summed E-state index contributed by atoms with van der Waals surface area (Å²) in [4.78, 5) is 2.14. The monoisotopic (exact) mass is 237 g/mol. The van der Waals surface area contributed by atoms with E-state index in [1.54, 1.807) is 7.11 Å². The van der Waals surface area contributed by atoms with Crippen molar-refractivity contribution >= 4 is 0 Å². The lowest BCUT2D eigenvalue weighted by Gasteiger charge is -2.26. The number of benzene rings is 1. The van der Waals surface area contributed by atoms with Crippen LogP contribution in [0, 0.1) is 13.8 Å². The molecule has 0 saturated heterocycles. The standard InChI is InChI=1S/C14H23NO2/c1-10-9-14(17-5)11(2)8-12(10)13(6-7-16)15(3)4/h8-9,13,16H,6-7H2,1-5H3. The van der Waals surface area contributed by atoms with E-state index in [-0.39, 0.29) is 12.6 Å². The van der Waals surface area contributed by atoms with Crippen molar-refractivity contribution in [2.75, 3.05) is 27.8 Å². The molecule has 0 aromatic heterocycles. The van der Waals surface area contributed by atoms with Crippen LogP contribution < -0.4 is 4.74 Å². The molecule has 17 heavy (non-hydrogen) atoms. The topological polar surface area (TPSA) is 32.7 Å². The highest BCUT2D eigenvalue weighted by Crippen LogP contribution is 2.30. The van der Waals surface area contributed by atoms with E-state index in [0.29, 0.717) is 0 Å². The Labute approximate surface area is 104 Å². The van der Waals surface area contributed by atoms with Gasteiger partial charge in [0.15, 0.2) is 0 Å². The molecule has 1 aromatic rings. The summed E-state index contributed by atoms with van der Waals surface area (Å²) in [6.45, 7) is 4.34. The molecule has 1 rings (SSSR count). The van der Waals surface area contributed by atoms with Crippen LogP contribution >= 0.6 is 0 Å². The quantitative estimate of drug-likeness (QED) is 0.853. The Kier molecular flexibility index (Phi) is 4.97. The third kappa shape index (κ3) is 3.20. The molecule has 0 amide bonds. The smallest absolute Gasteiger partial charge is 0.122 e. The number of aliphatic hydroxyl groups excluding tert-OH is 1. The van der Waals surface area contributed by atoms with E-state index in [4.69, 9.17) is 9.84 Å². The maximum atomic E-state index is 9.16. The van der Waals surface area contributed by atoms with Crippen LogP contribution in [0.5, 0.6) is 5.75 Å². The number of hydrogen-bond acceptors (Lipinski definition) is 3. The SMILES string of the molecule is COc1cc(C)c(C(CCO)N(C)C)cc1C. The molecule has 0 aliphatic heterocycles. The van der Waals surface area contributed by atoms with Crippen LogP contribution in [0.4, 0.5) is 0 Å². The Morgan fingerprint density at radius 2 is 1.88 bits per heavy atom. The molecule has 3 nitrogen and oxygen atoms in total. The van der Waals surface area contributed by atoms with E-state index < -0.39 is 0 Å². The lowest BCUT2D eigenvalue weighted by molar-refractivity contribution is 0.210. The average Bonchev–Trinajstić information content (AvgIpc) is 2.28. The van der Waals surface area contributed by atoms with Crippen molar-refractivity contribution in [3.05, 3.63) is 28.8 Å². The normalized spacial score (nSPS) is 12.9. The van der Waals surface area contributed by atoms with E-state index >= 15 is 0 Å². The zero-order chi connectivity index (χ0) is 13.0. The molecule has 0 spiro atoms. The van der Waals surface area contributed by atoms with Gasteiger partial charge in [-0.25, -0.2) is 0 Å². The Bertz CT molecular complexity index is 375. The largest absolute Gasteiger partial charge is 0.496 e. The molecule has 0 bridgehead atoms. The van der Waals surface area contributed by atoms with Crippen molar-refractivity contribution in [1.82, 2.24) is 4.90 Å². The third-order valence-corrected chi connectivity index (χ3v) is 3.17. The number of ether oxygens (including phenoxy) is 1. The van der Waals surface area contributed by atoms with Gasteiger partial charge < -0.3 is 14.7 Å². The van der Waals surface area contributed by atoms with Gasteiger partial charge in [0.2, 0.25) is 0 Å². The molecule has 1 N–H and O–H groups in total. The molecule has 0 aliphatic rings. The molecule has 0 aliphatic carbocycles. The van der Waals surface area contributed by atoms with Gasteiger partial charge >= 0.3 is 0 Å². The first-order valence-corrected chi connectivity index (χ1v) is 5.93. The van der Waals surface area contributed by atoms with Crippen LogP contribution in [-0.2, 0) is 0 Å². The first-order valence-electron chi connectivity index (χ1n) is 5.93. The minimum Gasteiger partial charge on any atom is -0.496 e. The zero-order valence-electron chi connectivity index (χ0n) is 11.4. The fraction of sp³-hybridized carbons (Fsp3) is 0.571. The van der Waals surface area contributed by atoms with Crippen molar-refractivity contribution in [3.63, 3.8) is 0 Å². The number of aryl methyl sites for hydroxylation is 2. The molecule has 0 radical (unpaired) electrons. The molecule has 1 atom stereocenters. The van der Waals surface area contributed by atoms with Crippen LogP contribution in [0.1, 0.15) is 29.2 Å². The van der Waals surface area contributed by atoms with Crippen LogP contribution in [0.2, 0.25) is 0 Å². The summed E-state index contributed by atoms with van der Waals surface area (Å²) in [5, 5.41) is 9.16. The van der Waals surface area contributed by atoms with Crippen molar-refractivity contribution in [1.29, 1.82) is 0 Å². The van der Waals surface area contributed by atoms with Crippen LogP contribution in [0.15, 0.2) is 12.1 Å². The first-order chi connectivity index (χ1) is 8.01. The minimum absolute atomic E-state index is 0.202. The number of rotatable bonds is 5. The second-order valence-electron chi connectivity index (χ2n) is 4.67. The third-order valence-electron chi connectivity index (χ3n) is 3.17. The fourth-order valence-electron chi connectivity index (χ4n) is 2.21. The Morgan fingerprint density at radius 3 is 2.35 bits per heavy atom. The van der Waals surface area contributed by atoms with Gasteiger partial charge in [0.05, 0.1) is 7.11 Å². The van der Waals surface area contributed by atoms with Crippen molar-refractivity contribution < 1.29 is 9.84 Å². The van der Waals surface area contributed by atoms with Gasteiger partial charge in [-0.1, -0.05) is 6.07 Å². The Hall–Kier alpha value is -1.06. The molecule has 3 heteroatoms. The second kappa shape index (κ2) is 6.03. The Balaban J connectivity index is 3.15. The van der Waals surface area contributed by atoms with Gasteiger partial charge in [-0.3, -0.25) is 0 Å². The summed E-state index contributed by atoms with van der Waals surface area (Å²) in [5.41, 5.74) is 3.61. The van der Waals surface area contributed by atoms with Crippen molar-refractivity contribution in [2.45, 2.75) is 26.3 Å². The summed E-state index contributed by atoms with van der Waals surface area (Å²) < 4.78 is 5.32. The second-order valence-corrected chi connectivity index (χ2v) is 4.67. The van der Waals surface area contributed by atoms with Gasteiger partial charge in [0, 0.05) is 12.6 Å². The molecule has 0 fully saturated rings. The van der Waals surface area contributed by atoms with Crippen LogP contribution in [0.25, 0.3) is 0 Å². The van der Waals surface area contributed by atoms with Gasteiger partial charge in [-0.15, -0.1) is 0 Å². The molecule has 0 heterocycles. The van der Waals surface area contributed by atoms with Crippen LogP contribution in [-0.4, -0.2) is 37.8 Å². The van der Waals surface area contributed by atoms with Crippen LogP contribution in [0.3, 0.4) is 0 Å². The zero-order valence-corrected chi connectivity index (χ0v) is 11.4. The highest BCUT2D eigenvalue weighted by Gasteiger charge is 2.17. The molecular formula is C14H23NO2. The highest BCUT2D eigenvalue weighted by molar-refractivity contribution is 5.42. The summed E-state index contributed by atoms with van der Waals surface area (Å²) in [6, 6.07) is 4.48. The highest BCUT2D eigenvalue weighted by atomic mass is 16.5. The van der Waals surface area contributed by atoms with Gasteiger partial charge in [0.1, 0.15) is 5.75 Å². The molecule has 1 unspecified atom stereocenters. The molecule has 0 saturated carbocycles. The number of hydrogen-bond donors (Lipinski definition) is 1. The number of nitrogens with zero attached hydrogens (tertiary/aromatic N) is 1. The van der Waals surface area contributed by atoms with Crippen molar-refractivity contribution in [3.8, 4) is 5.75 Å².